The average Bonchev–Trinajstić information content (AvgIpc) is 2.69. The van der Waals surface area contributed by atoms with Gasteiger partial charge in [0.05, 0.1) is 4.92 Å². The fraction of sp³-hybridized carbons (Fsp3) is 0.0952. The van der Waals surface area contributed by atoms with Crippen LogP contribution in [0.4, 0.5) is 5.69 Å². The second-order valence-corrected chi connectivity index (χ2v) is 6.00. The molecule has 130 valence electrons. The van der Waals surface area contributed by atoms with E-state index in [2.05, 4.69) is 0 Å². The maximum absolute atomic E-state index is 13.1. The Hall–Kier alpha value is -3.47. The smallest absolute Gasteiger partial charge is 0.326 e. The molecule has 0 radical (unpaired) electrons. The van der Waals surface area contributed by atoms with Crippen LogP contribution in [0.3, 0.4) is 0 Å². The molecule has 0 aromatic heterocycles. The van der Waals surface area contributed by atoms with E-state index in [-0.39, 0.29) is 5.69 Å². The SMILES string of the molecule is CC(C(=O)Oc1ccccc1)(c1ccccc1)c1ccc([N+](=O)[O-])cc1. The molecule has 0 N–H and O–H groups in total. The van der Waals surface area contributed by atoms with Crippen LogP contribution in [0.25, 0.3) is 0 Å². The molecule has 1 atom stereocenters. The highest BCUT2D eigenvalue weighted by Crippen LogP contribution is 2.34. The number of nitro benzene ring substituents is 1. The van der Waals surface area contributed by atoms with Crippen molar-refractivity contribution >= 4 is 11.7 Å². The van der Waals surface area contributed by atoms with Crippen LogP contribution in [-0.4, -0.2) is 10.9 Å². The summed E-state index contributed by atoms with van der Waals surface area (Å²) in [6.45, 7) is 1.76. The summed E-state index contributed by atoms with van der Waals surface area (Å²) in [7, 11) is 0. The monoisotopic (exact) mass is 347 g/mol. The largest absolute Gasteiger partial charge is 0.426 e. The third-order valence-electron chi connectivity index (χ3n) is 4.37. The van der Waals surface area contributed by atoms with Gasteiger partial charge in [-0.25, -0.2) is 0 Å². The van der Waals surface area contributed by atoms with E-state index in [1.807, 2.05) is 36.4 Å². The number of hydrogen-bond acceptors (Lipinski definition) is 4. The molecule has 3 aromatic rings. The lowest BCUT2D eigenvalue weighted by Crippen LogP contribution is -2.37. The van der Waals surface area contributed by atoms with E-state index < -0.39 is 16.3 Å². The Kier molecular flexibility index (Phi) is 4.80. The van der Waals surface area contributed by atoms with Crippen LogP contribution >= 0.6 is 0 Å². The molecule has 0 aliphatic heterocycles. The molecule has 5 heteroatoms. The van der Waals surface area contributed by atoms with Crippen molar-refractivity contribution in [2.24, 2.45) is 0 Å². The van der Waals surface area contributed by atoms with E-state index in [4.69, 9.17) is 4.74 Å². The van der Waals surface area contributed by atoms with Gasteiger partial charge in [0.1, 0.15) is 11.2 Å². The van der Waals surface area contributed by atoms with E-state index in [0.29, 0.717) is 11.3 Å². The first-order chi connectivity index (χ1) is 12.5. The lowest BCUT2D eigenvalue weighted by atomic mass is 9.76. The fourth-order valence-corrected chi connectivity index (χ4v) is 2.79. The van der Waals surface area contributed by atoms with Crippen LogP contribution in [0.5, 0.6) is 5.75 Å². The van der Waals surface area contributed by atoms with Gasteiger partial charge in [-0.2, -0.15) is 0 Å². The van der Waals surface area contributed by atoms with Crippen molar-refractivity contribution in [3.05, 3.63) is 106 Å². The number of nitro groups is 1. The molecule has 0 aliphatic carbocycles. The Bertz CT molecular complexity index is 908. The van der Waals surface area contributed by atoms with Crippen molar-refractivity contribution in [2.45, 2.75) is 12.3 Å². The van der Waals surface area contributed by atoms with Crippen LogP contribution in [-0.2, 0) is 10.2 Å². The van der Waals surface area contributed by atoms with Crippen molar-refractivity contribution in [3.63, 3.8) is 0 Å². The first kappa shape index (κ1) is 17.4. The molecular formula is C21H17NO4. The molecule has 26 heavy (non-hydrogen) atoms. The molecule has 3 aromatic carbocycles. The number of carbonyl (C=O) groups is 1. The quantitative estimate of drug-likeness (QED) is 0.295. The molecule has 0 saturated carbocycles. The van der Waals surface area contributed by atoms with E-state index >= 15 is 0 Å². The summed E-state index contributed by atoms with van der Waals surface area (Å²) in [6.07, 6.45) is 0. The van der Waals surface area contributed by atoms with Gasteiger partial charge in [-0.05, 0) is 30.2 Å². The standard InChI is InChI=1S/C21H17NO4/c1-21(16-8-4-2-5-9-16,17-12-14-18(15-13-17)22(24)25)20(23)26-19-10-6-3-7-11-19/h2-15H,1H3. The van der Waals surface area contributed by atoms with Crippen LogP contribution in [0.1, 0.15) is 18.1 Å². The average molecular weight is 347 g/mol. The minimum atomic E-state index is -1.10. The van der Waals surface area contributed by atoms with E-state index in [1.54, 1.807) is 43.3 Å². The minimum Gasteiger partial charge on any atom is -0.426 e. The lowest BCUT2D eigenvalue weighted by molar-refractivity contribution is -0.384. The number of carbonyl (C=O) groups excluding carboxylic acids is 1. The number of nitrogens with zero attached hydrogens (tertiary/aromatic N) is 1. The van der Waals surface area contributed by atoms with Gasteiger partial charge in [-0.1, -0.05) is 60.7 Å². The first-order valence-electron chi connectivity index (χ1n) is 8.09. The van der Waals surface area contributed by atoms with E-state index in [0.717, 1.165) is 5.56 Å². The van der Waals surface area contributed by atoms with Crippen molar-refractivity contribution in [1.29, 1.82) is 0 Å². The number of non-ortho nitro benzene ring substituents is 1. The molecule has 0 saturated heterocycles. The highest BCUT2D eigenvalue weighted by Gasteiger charge is 2.39. The fourth-order valence-electron chi connectivity index (χ4n) is 2.79. The molecule has 0 bridgehead atoms. The van der Waals surface area contributed by atoms with Crippen LogP contribution in [0, 0.1) is 10.1 Å². The molecule has 3 rings (SSSR count). The number of hydrogen-bond donors (Lipinski definition) is 0. The van der Waals surface area contributed by atoms with E-state index in [9.17, 15) is 14.9 Å². The van der Waals surface area contributed by atoms with Gasteiger partial charge in [0.15, 0.2) is 0 Å². The Morgan fingerprint density at radius 3 is 1.88 bits per heavy atom. The van der Waals surface area contributed by atoms with Gasteiger partial charge in [0.25, 0.3) is 5.69 Å². The van der Waals surface area contributed by atoms with Crippen molar-refractivity contribution in [2.75, 3.05) is 0 Å². The predicted octanol–water partition coefficient (Wildman–Crippen LogP) is 4.51. The summed E-state index contributed by atoms with van der Waals surface area (Å²) in [5, 5.41) is 10.9. The highest BCUT2D eigenvalue weighted by atomic mass is 16.6. The molecule has 0 aliphatic rings. The van der Waals surface area contributed by atoms with Gasteiger partial charge in [-0.3, -0.25) is 14.9 Å². The summed E-state index contributed by atoms with van der Waals surface area (Å²) in [5.74, 6) is -0.00896. The zero-order valence-electron chi connectivity index (χ0n) is 14.2. The van der Waals surface area contributed by atoms with Gasteiger partial charge >= 0.3 is 5.97 Å². The number of rotatable bonds is 5. The maximum Gasteiger partial charge on any atom is 0.326 e. The van der Waals surface area contributed by atoms with Gasteiger partial charge in [0.2, 0.25) is 0 Å². The van der Waals surface area contributed by atoms with Gasteiger partial charge in [-0.15, -0.1) is 0 Å². The van der Waals surface area contributed by atoms with Crippen molar-refractivity contribution in [3.8, 4) is 5.75 Å². The second kappa shape index (κ2) is 7.19. The summed E-state index contributed by atoms with van der Waals surface area (Å²) in [4.78, 5) is 23.6. The third kappa shape index (κ3) is 3.32. The summed E-state index contributed by atoms with van der Waals surface area (Å²) < 4.78 is 5.59. The number of ether oxygens (including phenoxy) is 1. The Labute approximate surface area is 151 Å². The molecular weight excluding hydrogens is 330 g/mol. The predicted molar refractivity (Wildman–Crippen MR) is 98.1 cm³/mol. The normalized spacial score (nSPS) is 12.8. The van der Waals surface area contributed by atoms with Gasteiger partial charge < -0.3 is 4.74 Å². The minimum absolute atomic E-state index is 0.0272. The highest BCUT2D eigenvalue weighted by molar-refractivity contribution is 5.88. The lowest BCUT2D eigenvalue weighted by Gasteiger charge is -2.28. The molecule has 1 unspecified atom stereocenters. The van der Waals surface area contributed by atoms with Crippen LogP contribution in [0.2, 0.25) is 0 Å². The first-order valence-corrected chi connectivity index (χ1v) is 8.09. The summed E-state index contributed by atoms with van der Waals surface area (Å²) in [6, 6.07) is 24.0. The second-order valence-electron chi connectivity index (χ2n) is 6.00. The Morgan fingerprint density at radius 2 is 1.35 bits per heavy atom. The van der Waals surface area contributed by atoms with Gasteiger partial charge in [0, 0.05) is 12.1 Å². The van der Waals surface area contributed by atoms with Crippen molar-refractivity contribution < 1.29 is 14.5 Å². The number of benzene rings is 3. The summed E-state index contributed by atoms with van der Waals surface area (Å²) >= 11 is 0. The van der Waals surface area contributed by atoms with E-state index in [1.165, 1.54) is 12.1 Å². The molecule has 5 nitrogen and oxygen atoms in total. The maximum atomic E-state index is 13.1. The van der Waals surface area contributed by atoms with Crippen molar-refractivity contribution in [1.82, 2.24) is 0 Å². The van der Waals surface area contributed by atoms with Crippen LogP contribution < -0.4 is 4.74 Å². The Morgan fingerprint density at radius 1 is 0.846 bits per heavy atom. The molecule has 0 heterocycles. The Balaban J connectivity index is 2.05. The molecule has 0 fully saturated rings. The zero-order valence-corrected chi connectivity index (χ0v) is 14.2. The zero-order chi connectivity index (χ0) is 18.6. The number of esters is 1. The third-order valence-corrected chi connectivity index (χ3v) is 4.37. The molecule has 0 spiro atoms. The molecule has 0 amide bonds. The van der Waals surface area contributed by atoms with Crippen LogP contribution in [0.15, 0.2) is 84.9 Å². The number of para-hydroxylation sites is 1. The summed E-state index contributed by atoms with van der Waals surface area (Å²) in [5.41, 5.74) is 0.234. The topological polar surface area (TPSA) is 69.4 Å².